The minimum Gasteiger partial charge on any atom is -0.454 e. The summed E-state index contributed by atoms with van der Waals surface area (Å²) in [5.41, 5.74) is 1.60. The fourth-order valence-corrected chi connectivity index (χ4v) is 7.52. The zero-order chi connectivity index (χ0) is 20.9. The molecule has 0 atom stereocenters. The molecule has 0 spiro atoms. The van der Waals surface area contributed by atoms with Crippen molar-refractivity contribution in [3.63, 3.8) is 0 Å². The average molecular weight is 647 g/mol. The van der Waals surface area contributed by atoms with Gasteiger partial charge in [0.2, 0.25) is 0 Å². The van der Waals surface area contributed by atoms with Crippen molar-refractivity contribution < 1.29 is 17.3 Å². The smallest absolute Gasteiger partial charge is 0.339 e. The second kappa shape index (κ2) is 9.93. The molecule has 2 aromatic rings. The third-order valence-corrected chi connectivity index (χ3v) is 9.80. The molecule has 0 unspecified atom stereocenters. The Labute approximate surface area is 196 Å². The van der Waals surface area contributed by atoms with Crippen LogP contribution in [0.5, 0.6) is 5.75 Å². The van der Waals surface area contributed by atoms with E-state index < -0.39 is 40.0 Å². The Morgan fingerprint density at radius 1 is 1.10 bits per heavy atom. The number of hydrogen-bond donors (Lipinski definition) is 0. The lowest BCUT2D eigenvalue weighted by atomic mass is 10.1. The number of rotatable bonds is 6. The molecular weight excluding hydrogens is 630 g/mol. The summed E-state index contributed by atoms with van der Waals surface area (Å²) in [4.78, 5) is 12.4. The first kappa shape index (κ1) is 21.3. The van der Waals surface area contributed by atoms with Gasteiger partial charge in [-0.15, -0.1) is 0 Å². The number of hydrogen-bond acceptors (Lipinski definition) is 4. The predicted molar refractivity (Wildman–Crippen MR) is 140 cm³/mol. The number of halogens is 3. The van der Waals surface area contributed by atoms with E-state index in [1.807, 2.05) is 70.8 Å². The summed E-state index contributed by atoms with van der Waals surface area (Å²) in [6, 6.07) is 17.2. The second-order valence-corrected chi connectivity index (χ2v) is 12.3. The second-order valence-electron chi connectivity index (χ2n) is 6.16. The maximum Gasteiger partial charge on any atom is 0.339 e. The molecule has 0 radical (unpaired) electrons. The van der Waals surface area contributed by atoms with Gasteiger partial charge in [0, 0.05) is 8.53 Å². The van der Waals surface area contributed by atoms with Crippen LogP contribution in [0, 0.1) is 0 Å². The van der Waals surface area contributed by atoms with Gasteiger partial charge in [-0.1, -0.05) is 41.9 Å². The van der Waals surface area contributed by atoms with Crippen LogP contribution < -0.4 is 4.74 Å². The van der Waals surface area contributed by atoms with Crippen LogP contribution in [-0.4, -0.2) is 24.6 Å². The van der Waals surface area contributed by atoms with Crippen molar-refractivity contribution in [1.82, 2.24) is 0 Å². The Kier molecular flexibility index (Phi) is 7.06. The van der Waals surface area contributed by atoms with E-state index in [1.54, 1.807) is 6.08 Å². The molecule has 0 saturated carbocycles. The highest BCUT2D eigenvalue weighted by molar-refractivity contribution is 14.2. The van der Waals surface area contributed by atoms with Gasteiger partial charge in [-0.05, 0) is 77.3 Å². The standard InChI is InChI=1S/C23H17ClI2O4/c1-26-21(16-7-10-18(24)11-8-16)13-20(30-26)15-28-23(27)17-9-12-22(25-14-17)29-19-5-3-2-4-6-19/h2-14H,1,15H2. The highest BCUT2D eigenvalue weighted by Crippen LogP contribution is 2.31. The molecule has 4 rings (SSSR count). The Hall–Kier alpha value is -1.91. The maximum atomic E-state index is 12.4. The molecule has 0 bridgehead atoms. The quantitative estimate of drug-likeness (QED) is 0.294. The molecule has 0 amide bonds. The molecule has 2 aliphatic rings. The monoisotopic (exact) mass is 646 g/mol. The third-order valence-electron chi connectivity index (χ3n) is 4.04. The fraction of sp³-hybridized carbons (Fsp3) is 0.0435. The third kappa shape index (κ3) is 5.41. The van der Waals surface area contributed by atoms with Gasteiger partial charge >= 0.3 is 5.97 Å². The first-order chi connectivity index (χ1) is 14.6. The van der Waals surface area contributed by atoms with Crippen molar-refractivity contribution in [3.05, 3.63) is 98.5 Å². The summed E-state index contributed by atoms with van der Waals surface area (Å²) in [5, 5.41) is 0.687. The topological polar surface area (TPSA) is 44.8 Å². The van der Waals surface area contributed by atoms with Crippen molar-refractivity contribution >= 4 is 69.6 Å². The zero-order valence-electron chi connectivity index (χ0n) is 15.7. The lowest BCUT2D eigenvalue weighted by molar-refractivity contribution is -0.137. The van der Waals surface area contributed by atoms with Crippen LogP contribution in [-0.2, 0) is 12.6 Å². The van der Waals surface area contributed by atoms with Crippen LogP contribution in [0.25, 0.3) is 0 Å². The first-order valence-corrected chi connectivity index (χ1v) is 15.1. The lowest BCUT2D eigenvalue weighted by Gasteiger charge is -2.10. The van der Waals surface area contributed by atoms with Crippen molar-refractivity contribution in [2.75, 3.05) is 6.61 Å². The van der Waals surface area contributed by atoms with E-state index >= 15 is 0 Å². The van der Waals surface area contributed by atoms with Crippen LogP contribution in [0.2, 0.25) is 5.02 Å². The highest BCUT2D eigenvalue weighted by atomic mass is 127. The Bertz CT molecular complexity index is 1170. The molecule has 4 nitrogen and oxygen atoms in total. The van der Waals surface area contributed by atoms with Gasteiger partial charge in [0.05, 0.1) is 24.9 Å². The normalized spacial score (nSPS) is 16.0. The van der Waals surface area contributed by atoms with Gasteiger partial charge in [-0.3, -0.25) is 0 Å². The molecule has 0 aliphatic carbocycles. The molecule has 7 heteroatoms. The Balaban J connectivity index is 1.34. The highest BCUT2D eigenvalue weighted by Gasteiger charge is 2.17. The van der Waals surface area contributed by atoms with Crippen molar-refractivity contribution in [1.29, 1.82) is 0 Å². The number of para-hydroxylation sites is 1. The molecule has 0 fully saturated rings. The summed E-state index contributed by atoms with van der Waals surface area (Å²) < 4.78 is 25.2. The molecule has 0 N–H and O–H groups in total. The van der Waals surface area contributed by atoms with E-state index in [2.05, 4.69) is 4.51 Å². The molecule has 2 aromatic carbocycles. The van der Waals surface area contributed by atoms with Gasteiger partial charge in [0.1, 0.15) is 18.1 Å². The maximum absolute atomic E-state index is 12.4. The molecule has 30 heavy (non-hydrogen) atoms. The van der Waals surface area contributed by atoms with E-state index in [0.29, 0.717) is 16.4 Å². The molecule has 2 aliphatic heterocycles. The predicted octanol–water partition coefficient (Wildman–Crippen LogP) is 5.80. The van der Waals surface area contributed by atoms with Crippen LogP contribution in [0.1, 0.15) is 5.56 Å². The molecular formula is C23H17ClI2O4. The van der Waals surface area contributed by atoms with E-state index in [-0.39, 0.29) is 12.6 Å². The van der Waals surface area contributed by atoms with E-state index in [1.165, 1.54) is 0 Å². The largest absolute Gasteiger partial charge is 0.454 e. The molecule has 0 aromatic heterocycles. The average Bonchev–Trinajstić information content (AvgIpc) is 3.14. The zero-order valence-corrected chi connectivity index (χ0v) is 20.8. The van der Waals surface area contributed by atoms with Crippen LogP contribution in [0.4, 0.5) is 0 Å². The summed E-state index contributed by atoms with van der Waals surface area (Å²) in [7, 11) is 0. The SMILES string of the molecule is C=I1=C(c2ccc(Cl)cc2)C=C(COC(=O)C2=CC=C(Oc3ccccc3)I=C2)O1. The molecule has 0 saturated heterocycles. The van der Waals surface area contributed by atoms with Crippen molar-refractivity contribution in [3.8, 4) is 5.75 Å². The number of carbonyl (C=O) groups excluding carboxylic acids is 1. The molecule has 154 valence electrons. The van der Waals surface area contributed by atoms with Crippen LogP contribution in [0.15, 0.2) is 87.9 Å². The van der Waals surface area contributed by atoms with Gasteiger partial charge in [0.25, 0.3) is 0 Å². The Morgan fingerprint density at radius 2 is 1.87 bits per heavy atom. The number of carbonyl (C=O) groups is 1. The number of esters is 1. The van der Waals surface area contributed by atoms with E-state index in [9.17, 15) is 4.79 Å². The minimum absolute atomic E-state index is 0.0972. The van der Waals surface area contributed by atoms with E-state index in [4.69, 9.17) is 24.1 Å². The van der Waals surface area contributed by atoms with Crippen LogP contribution >= 0.6 is 51.6 Å². The van der Waals surface area contributed by atoms with Gasteiger partial charge in [-0.25, -0.2) is 4.79 Å². The molecule has 2 heterocycles. The number of benzene rings is 2. The summed E-state index contributed by atoms with van der Waals surface area (Å²) >= 11 is 3.42. The lowest BCUT2D eigenvalue weighted by Crippen LogP contribution is -2.12. The first-order valence-electron chi connectivity index (χ1n) is 8.88. The summed E-state index contributed by atoms with van der Waals surface area (Å²) in [6.07, 6.45) is 5.51. The van der Waals surface area contributed by atoms with Gasteiger partial charge < -0.3 is 12.5 Å². The fourth-order valence-electron chi connectivity index (χ4n) is 2.59. The van der Waals surface area contributed by atoms with Crippen LogP contribution in [0.3, 0.4) is 0 Å². The number of allylic oxidation sites excluding steroid dienone is 3. The summed E-state index contributed by atoms with van der Waals surface area (Å²) in [6.45, 7) is 0.0972. The minimum atomic E-state index is -1.99. The van der Waals surface area contributed by atoms with Crippen molar-refractivity contribution in [2.24, 2.45) is 0 Å². The van der Waals surface area contributed by atoms with Gasteiger partial charge in [-0.2, -0.15) is 0 Å². The van der Waals surface area contributed by atoms with Gasteiger partial charge in [0.15, 0.2) is 3.77 Å². The van der Waals surface area contributed by atoms with E-state index in [0.717, 1.165) is 18.6 Å². The summed E-state index contributed by atoms with van der Waals surface area (Å²) in [5.74, 6) is 1.07. The number of ether oxygens (including phenoxy) is 2. The Morgan fingerprint density at radius 3 is 2.57 bits per heavy atom. The van der Waals surface area contributed by atoms with Crippen molar-refractivity contribution in [2.45, 2.75) is 0 Å².